The first kappa shape index (κ1) is 19.8. The summed E-state index contributed by atoms with van der Waals surface area (Å²) < 4.78 is 24.3. The normalized spacial score (nSPS) is 17.1. The fourth-order valence-electron chi connectivity index (χ4n) is 3.85. The van der Waals surface area contributed by atoms with Crippen molar-refractivity contribution in [1.82, 2.24) is 24.2 Å². The highest BCUT2D eigenvalue weighted by Crippen LogP contribution is 2.24. The van der Waals surface area contributed by atoms with Gasteiger partial charge in [-0.1, -0.05) is 18.2 Å². The number of hydrogen-bond acceptors (Lipinski definition) is 4. The summed E-state index contributed by atoms with van der Waals surface area (Å²) in [6.45, 7) is 3.79. The van der Waals surface area contributed by atoms with Gasteiger partial charge in [0.2, 0.25) is 0 Å². The zero-order chi connectivity index (χ0) is 19.9. The molecule has 0 spiro atoms. The molecule has 0 aliphatic carbocycles. The number of aromatic nitrogens is 4. The van der Waals surface area contributed by atoms with Crippen LogP contribution in [0.5, 0.6) is 0 Å². The van der Waals surface area contributed by atoms with Crippen LogP contribution in [0, 0.1) is 5.82 Å². The Morgan fingerprint density at radius 3 is 2.86 bits per heavy atom. The topological polar surface area (TPSA) is 48.1 Å². The average molecular weight is 397 g/mol. The summed E-state index contributed by atoms with van der Waals surface area (Å²) in [6.07, 6.45) is 11.7. The predicted octanol–water partition coefficient (Wildman–Crippen LogP) is 4.01. The van der Waals surface area contributed by atoms with E-state index in [4.69, 9.17) is 4.74 Å². The van der Waals surface area contributed by atoms with Gasteiger partial charge in [-0.25, -0.2) is 14.1 Å². The van der Waals surface area contributed by atoms with E-state index >= 15 is 0 Å². The lowest BCUT2D eigenvalue weighted by molar-refractivity contribution is -0.0421. The van der Waals surface area contributed by atoms with Crippen LogP contribution in [0.2, 0.25) is 0 Å². The van der Waals surface area contributed by atoms with Gasteiger partial charge >= 0.3 is 0 Å². The molecular weight excluding hydrogens is 369 g/mol. The maximum Gasteiger partial charge on any atom is 0.150 e. The summed E-state index contributed by atoms with van der Waals surface area (Å²) in [7, 11) is 0. The molecule has 7 heteroatoms. The fraction of sp³-hybridized carbons (Fsp3) is 0.455. The first-order valence-corrected chi connectivity index (χ1v) is 10.3. The molecule has 1 unspecified atom stereocenters. The maximum absolute atomic E-state index is 14.3. The molecule has 0 bridgehead atoms. The molecule has 1 aliphatic heterocycles. The Bertz CT molecular complexity index is 873. The van der Waals surface area contributed by atoms with Crippen LogP contribution in [0.3, 0.4) is 0 Å². The molecule has 29 heavy (non-hydrogen) atoms. The minimum Gasteiger partial charge on any atom is -0.357 e. The van der Waals surface area contributed by atoms with Crippen LogP contribution in [-0.4, -0.2) is 37.4 Å². The van der Waals surface area contributed by atoms with E-state index in [2.05, 4.69) is 19.5 Å². The van der Waals surface area contributed by atoms with Crippen molar-refractivity contribution >= 4 is 0 Å². The highest BCUT2D eigenvalue weighted by Gasteiger charge is 2.20. The molecule has 1 atom stereocenters. The van der Waals surface area contributed by atoms with Crippen LogP contribution in [0.1, 0.15) is 43.2 Å². The van der Waals surface area contributed by atoms with E-state index in [0.29, 0.717) is 13.1 Å². The third-order valence-electron chi connectivity index (χ3n) is 5.37. The SMILES string of the molecule is Fc1ccccc1CN(CCCn1ccnc1)Cc1ccnn1C1CCCCO1. The van der Waals surface area contributed by atoms with Gasteiger partial charge in [0, 0.05) is 56.9 Å². The number of aryl methyl sites for hydroxylation is 1. The van der Waals surface area contributed by atoms with E-state index in [1.165, 1.54) is 6.07 Å². The highest BCUT2D eigenvalue weighted by atomic mass is 19.1. The van der Waals surface area contributed by atoms with E-state index in [9.17, 15) is 4.39 Å². The van der Waals surface area contributed by atoms with Crippen LogP contribution in [0.4, 0.5) is 4.39 Å². The van der Waals surface area contributed by atoms with Crippen molar-refractivity contribution in [3.63, 3.8) is 0 Å². The second-order valence-electron chi connectivity index (χ2n) is 7.54. The van der Waals surface area contributed by atoms with Crippen molar-refractivity contribution in [3.8, 4) is 0 Å². The third-order valence-corrected chi connectivity index (χ3v) is 5.37. The van der Waals surface area contributed by atoms with Gasteiger partial charge < -0.3 is 9.30 Å². The molecule has 0 N–H and O–H groups in total. The average Bonchev–Trinajstić information content (AvgIpc) is 3.42. The molecular formula is C22H28FN5O. The summed E-state index contributed by atoms with van der Waals surface area (Å²) in [6, 6.07) is 9.06. The molecule has 154 valence electrons. The van der Waals surface area contributed by atoms with Gasteiger partial charge in [-0.05, 0) is 37.8 Å². The number of benzene rings is 1. The lowest BCUT2D eigenvalue weighted by Crippen LogP contribution is -2.28. The largest absolute Gasteiger partial charge is 0.357 e. The standard InChI is InChI=1S/C22H28FN5O/c23-21-7-2-1-6-19(21)16-27(13-5-12-26-14-11-24-18-26)17-20-9-10-25-28(20)22-8-3-4-15-29-22/h1-2,6-7,9-11,14,18,22H,3-5,8,12-13,15-17H2. The molecule has 2 aromatic heterocycles. The summed E-state index contributed by atoms with van der Waals surface area (Å²) in [5.41, 5.74) is 1.82. The van der Waals surface area contributed by atoms with E-state index in [1.807, 2.05) is 41.6 Å². The summed E-state index contributed by atoms with van der Waals surface area (Å²) in [5.74, 6) is -0.156. The van der Waals surface area contributed by atoms with Crippen LogP contribution < -0.4 is 0 Å². The molecule has 0 radical (unpaired) electrons. The molecule has 4 rings (SSSR count). The van der Waals surface area contributed by atoms with Crippen molar-refractivity contribution < 1.29 is 9.13 Å². The Labute approximate surface area is 170 Å². The van der Waals surface area contributed by atoms with Crippen molar-refractivity contribution in [2.75, 3.05) is 13.2 Å². The number of halogens is 1. The Morgan fingerprint density at radius 1 is 1.14 bits per heavy atom. The second-order valence-corrected chi connectivity index (χ2v) is 7.54. The number of rotatable bonds is 9. The van der Waals surface area contributed by atoms with Crippen LogP contribution in [0.15, 0.2) is 55.2 Å². The van der Waals surface area contributed by atoms with E-state index < -0.39 is 0 Å². The first-order valence-electron chi connectivity index (χ1n) is 10.3. The molecule has 1 fully saturated rings. The highest BCUT2D eigenvalue weighted by molar-refractivity contribution is 5.17. The van der Waals surface area contributed by atoms with Gasteiger partial charge in [0.1, 0.15) is 5.82 Å². The minimum atomic E-state index is -0.156. The van der Waals surface area contributed by atoms with E-state index in [-0.39, 0.29) is 12.0 Å². The molecule has 1 aliphatic rings. The van der Waals surface area contributed by atoms with Gasteiger partial charge in [-0.2, -0.15) is 5.10 Å². The van der Waals surface area contributed by atoms with Gasteiger partial charge in [-0.15, -0.1) is 0 Å². The van der Waals surface area contributed by atoms with Crippen LogP contribution in [-0.2, 0) is 24.4 Å². The number of imidazole rings is 1. The molecule has 6 nitrogen and oxygen atoms in total. The fourth-order valence-corrected chi connectivity index (χ4v) is 3.85. The lowest BCUT2D eigenvalue weighted by Gasteiger charge is -2.27. The smallest absolute Gasteiger partial charge is 0.150 e. The molecule has 1 saturated heterocycles. The third kappa shape index (κ3) is 5.31. The molecule has 0 amide bonds. The van der Waals surface area contributed by atoms with Crippen molar-refractivity contribution in [3.05, 3.63) is 72.3 Å². The number of hydrogen-bond donors (Lipinski definition) is 0. The van der Waals surface area contributed by atoms with Gasteiger partial charge in [0.05, 0.1) is 12.0 Å². The van der Waals surface area contributed by atoms with Gasteiger partial charge in [0.15, 0.2) is 6.23 Å². The Hall–Kier alpha value is -2.51. The Balaban J connectivity index is 1.46. The molecule has 3 heterocycles. The first-order chi connectivity index (χ1) is 14.3. The minimum absolute atomic E-state index is 0.00927. The predicted molar refractivity (Wildman–Crippen MR) is 108 cm³/mol. The molecule has 3 aromatic rings. The van der Waals surface area contributed by atoms with Crippen LogP contribution in [0.25, 0.3) is 0 Å². The molecule has 0 saturated carbocycles. The summed E-state index contributed by atoms with van der Waals surface area (Å²) >= 11 is 0. The van der Waals surface area contributed by atoms with Crippen molar-refractivity contribution in [1.29, 1.82) is 0 Å². The summed E-state index contributed by atoms with van der Waals surface area (Å²) in [4.78, 5) is 6.38. The quantitative estimate of drug-likeness (QED) is 0.547. The Morgan fingerprint density at radius 2 is 2.07 bits per heavy atom. The number of nitrogens with zero attached hydrogens (tertiary/aromatic N) is 5. The molecule has 1 aromatic carbocycles. The van der Waals surface area contributed by atoms with Gasteiger partial charge in [0.25, 0.3) is 0 Å². The zero-order valence-corrected chi connectivity index (χ0v) is 16.7. The second kappa shape index (κ2) is 9.80. The monoisotopic (exact) mass is 397 g/mol. The van der Waals surface area contributed by atoms with Crippen molar-refractivity contribution in [2.24, 2.45) is 0 Å². The number of ether oxygens (including phenoxy) is 1. The maximum atomic E-state index is 14.3. The Kier molecular flexibility index (Phi) is 6.69. The van der Waals surface area contributed by atoms with E-state index in [1.54, 1.807) is 12.3 Å². The van der Waals surface area contributed by atoms with Crippen molar-refractivity contribution in [2.45, 2.75) is 51.5 Å². The van der Waals surface area contributed by atoms with Gasteiger partial charge in [-0.3, -0.25) is 4.90 Å². The summed E-state index contributed by atoms with van der Waals surface area (Å²) in [5, 5.41) is 4.52. The zero-order valence-electron chi connectivity index (χ0n) is 16.7. The lowest BCUT2D eigenvalue weighted by atomic mass is 10.1. The van der Waals surface area contributed by atoms with E-state index in [0.717, 1.165) is 56.6 Å². The van der Waals surface area contributed by atoms with Crippen LogP contribution >= 0.6 is 0 Å².